The Balaban J connectivity index is 1.97. The van der Waals surface area contributed by atoms with E-state index in [2.05, 4.69) is 10.6 Å². The molecule has 2 aromatic rings. The summed E-state index contributed by atoms with van der Waals surface area (Å²) in [5.41, 5.74) is 1.20. The van der Waals surface area contributed by atoms with E-state index in [1.807, 2.05) is 0 Å². The number of amides is 2. The normalized spacial score (nSPS) is 11.4. The highest BCUT2D eigenvalue weighted by molar-refractivity contribution is 5.92. The third kappa shape index (κ3) is 4.91. The number of carboxylic acid groups (broad SMARTS) is 1. The van der Waals surface area contributed by atoms with Gasteiger partial charge in [-0.3, -0.25) is 0 Å². The molecule has 0 aliphatic heterocycles. The maximum absolute atomic E-state index is 12.0. The number of ether oxygens (including phenoxy) is 1. The number of hydrogen-bond donors (Lipinski definition) is 4. The van der Waals surface area contributed by atoms with Crippen LogP contribution in [0.3, 0.4) is 0 Å². The number of carbonyl (C=O) groups is 2. The number of carbonyl (C=O) groups excluding carboxylic acids is 1. The minimum absolute atomic E-state index is 0.0934. The van der Waals surface area contributed by atoms with Gasteiger partial charge >= 0.3 is 12.0 Å². The fraction of sp³-hybridized carbons (Fsp3) is 0.176. The van der Waals surface area contributed by atoms with Crippen molar-refractivity contribution < 1.29 is 24.5 Å². The van der Waals surface area contributed by atoms with Crippen molar-refractivity contribution in [1.29, 1.82) is 0 Å². The topological polar surface area (TPSA) is 108 Å². The number of phenols is 1. The van der Waals surface area contributed by atoms with Crippen molar-refractivity contribution in [3.8, 4) is 11.5 Å². The Bertz CT molecular complexity index is 698. The van der Waals surface area contributed by atoms with Crippen molar-refractivity contribution >= 4 is 17.7 Å². The molecule has 2 rings (SSSR count). The van der Waals surface area contributed by atoms with Crippen molar-refractivity contribution in [3.05, 3.63) is 54.1 Å². The number of urea groups is 1. The molecule has 0 heterocycles. The number of rotatable bonds is 6. The van der Waals surface area contributed by atoms with Crippen molar-refractivity contribution in [2.24, 2.45) is 0 Å². The third-order valence-electron chi connectivity index (χ3n) is 3.33. The molecule has 0 radical (unpaired) electrons. The molecule has 0 aromatic heterocycles. The zero-order valence-electron chi connectivity index (χ0n) is 13.0. The first-order chi connectivity index (χ1) is 11.5. The third-order valence-corrected chi connectivity index (χ3v) is 3.33. The van der Waals surface area contributed by atoms with Gasteiger partial charge in [0.25, 0.3) is 0 Å². The minimum Gasteiger partial charge on any atom is -0.508 e. The number of aromatic hydroxyl groups is 1. The number of aliphatic carboxylic acids is 1. The summed E-state index contributed by atoms with van der Waals surface area (Å²) in [5.74, 6) is -0.402. The highest BCUT2D eigenvalue weighted by Gasteiger charge is 2.20. The van der Waals surface area contributed by atoms with Crippen molar-refractivity contribution in [3.63, 3.8) is 0 Å². The van der Waals surface area contributed by atoms with E-state index in [0.29, 0.717) is 17.0 Å². The van der Waals surface area contributed by atoms with Crippen LogP contribution in [0.4, 0.5) is 10.5 Å². The van der Waals surface area contributed by atoms with Crippen LogP contribution < -0.4 is 15.4 Å². The maximum atomic E-state index is 12.0. The molecule has 0 saturated heterocycles. The van der Waals surface area contributed by atoms with Crippen LogP contribution >= 0.6 is 0 Å². The molecule has 0 aliphatic rings. The van der Waals surface area contributed by atoms with Crippen LogP contribution in [0.25, 0.3) is 0 Å². The number of benzene rings is 2. The Morgan fingerprint density at radius 2 is 1.71 bits per heavy atom. The van der Waals surface area contributed by atoms with Gasteiger partial charge in [-0.25, -0.2) is 9.59 Å². The van der Waals surface area contributed by atoms with Gasteiger partial charge in [-0.15, -0.1) is 0 Å². The van der Waals surface area contributed by atoms with Gasteiger partial charge in [0.2, 0.25) is 0 Å². The summed E-state index contributed by atoms with van der Waals surface area (Å²) in [7, 11) is 1.54. The van der Waals surface area contributed by atoms with Gasteiger partial charge in [0.05, 0.1) is 7.11 Å². The monoisotopic (exact) mass is 330 g/mol. The van der Waals surface area contributed by atoms with Gasteiger partial charge in [-0.05, 0) is 42.0 Å². The molecule has 0 saturated carbocycles. The zero-order valence-corrected chi connectivity index (χ0v) is 13.0. The van der Waals surface area contributed by atoms with Crippen LogP contribution in [0.2, 0.25) is 0 Å². The lowest BCUT2D eigenvalue weighted by Gasteiger charge is -2.15. The first kappa shape index (κ1) is 17.1. The summed E-state index contributed by atoms with van der Waals surface area (Å²) in [6.07, 6.45) is 0.103. The van der Waals surface area contributed by atoms with E-state index in [0.717, 1.165) is 0 Å². The fourth-order valence-electron chi connectivity index (χ4n) is 2.07. The summed E-state index contributed by atoms with van der Waals surface area (Å²) in [6.45, 7) is 0. The van der Waals surface area contributed by atoms with E-state index in [9.17, 15) is 19.8 Å². The Morgan fingerprint density at radius 3 is 2.25 bits per heavy atom. The Hall–Kier alpha value is -3.22. The van der Waals surface area contributed by atoms with Crippen LogP contribution in [0.15, 0.2) is 48.5 Å². The standard InChI is InChI=1S/C17H18N2O5/c1-24-14-8-4-12(5-9-14)18-17(23)19-15(16(21)22)10-11-2-6-13(20)7-3-11/h2-9,15,20H,10H2,1H3,(H,21,22)(H2,18,19,23). The molecule has 24 heavy (non-hydrogen) atoms. The molecule has 2 amide bonds. The fourth-order valence-corrected chi connectivity index (χ4v) is 2.07. The van der Waals surface area contributed by atoms with Gasteiger partial charge in [-0.1, -0.05) is 12.1 Å². The number of phenolic OH excluding ortho intramolecular Hbond substituents is 1. The minimum atomic E-state index is -1.15. The highest BCUT2D eigenvalue weighted by Crippen LogP contribution is 2.15. The van der Waals surface area contributed by atoms with Crippen LogP contribution in [-0.2, 0) is 11.2 Å². The van der Waals surface area contributed by atoms with Crippen molar-refractivity contribution in [2.75, 3.05) is 12.4 Å². The van der Waals surface area contributed by atoms with Crippen molar-refractivity contribution in [2.45, 2.75) is 12.5 Å². The van der Waals surface area contributed by atoms with Gasteiger partial charge in [0.1, 0.15) is 17.5 Å². The molecular formula is C17H18N2O5. The Morgan fingerprint density at radius 1 is 1.08 bits per heavy atom. The van der Waals surface area contributed by atoms with E-state index < -0.39 is 18.0 Å². The molecular weight excluding hydrogens is 312 g/mol. The molecule has 2 aromatic carbocycles. The molecule has 0 aliphatic carbocycles. The highest BCUT2D eigenvalue weighted by atomic mass is 16.5. The van der Waals surface area contributed by atoms with Gasteiger partial charge in [-0.2, -0.15) is 0 Å². The lowest BCUT2D eigenvalue weighted by molar-refractivity contribution is -0.139. The van der Waals surface area contributed by atoms with Crippen LogP contribution in [0.5, 0.6) is 11.5 Å². The molecule has 126 valence electrons. The number of anilines is 1. The Kier molecular flexibility index (Phi) is 5.62. The quantitative estimate of drug-likeness (QED) is 0.649. The molecule has 7 nitrogen and oxygen atoms in total. The predicted octanol–water partition coefficient (Wildman–Crippen LogP) is 2.22. The van der Waals surface area contributed by atoms with E-state index in [-0.39, 0.29) is 12.2 Å². The summed E-state index contributed by atoms with van der Waals surface area (Å²) in [4.78, 5) is 23.3. The first-order valence-electron chi connectivity index (χ1n) is 7.20. The molecule has 1 unspecified atom stereocenters. The molecule has 0 spiro atoms. The van der Waals surface area contributed by atoms with Crippen LogP contribution in [0.1, 0.15) is 5.56 Å². The number of methoxy groups -OCH3 is 1. The number of nitrogens with one attached hydrogen (secondary N) is 2. The largest absolute Gasteiger partial charge is 0.508 e. The Labute approximate surface area is 138 Å². The number of carboxylic acids is 1. The second-order valence-electron chi connectivity index (χ2n) is 5.09. The second-order valence-corrected chi connectivity index (χ2v) is 5.09. The smallest absolute Gasteiger partial charge is 0.326 e. The molecule has 7 heteroatoms. The number of hydrogen-bond acceptors (Lipinski definition) is 4. The second kappa shape index (κ2) is 7.87. The van der Waals surface area contributed by atoms with Gasteiger partial charge < -0.3 is 25.6 Å². The average molecular weight is 330 g/mol. The summed E-state index contributed by atoms with van der Waals surface area (Å²) < 4.78 is 5.02. The summed E-state index contributed by atoms with van der Waals surface area (Å²) in [6, 6.07) is 11.1. The summed E-state index contributed by atoms with van der Waals surface area (Å²) >= 11 is 0. The first-order valence-corrected chi connectivity index (χ1v) is 7.20. The summed E-state index contributed by atoms with van der Waals surface area (Å²) in [5, 5.41) is 23.5. The van der Waals surface area contributed by atoms with Crippen molar-refractivity contribution in [1.82, 2.24) is 5.32 Å². The van der Waals surface area contributed by atoms with Crippen LogP contribution in [-0.4, -0.2) is 35.4 Å². The van der Waals surface area contributed by atoms with E-state index in [1.165, 1.54) is 19.2 Å². The average Bonchev–Trinajstić information content (AvgIpc) is 2.56. The van der Waals surface area contributed by atoms with Gasteiger partial charge in [0, 0.05) is 12.1 Å². The lowest BCUT2D eigenvalue weighted by atomic mass is 10.1. The van der Waals surface area contributed by atoms with E-state index >= 15 is 0 Å². The molecule has 0 fully saturated rings. The van der Waals surface area contributed by atoms with Crippen LogP contribution in [0, 0.1) is 0 Å². The lowest BCUT2D eigenvalue weighted by Crippen LogP contribution is -2.44. The maximum Gasteiger partial charge on any atom is 0.326 e. The predicted molar refractivity (Wildman–Crippen MR) is 88.4 cm³/mol. The van der Waals surface area contributed by atoms with Gasteiger partial charge in [0.15, 0.2) is 0 Å². The molecule has 4 N–H and O–H groups in total. The van der Waals surface area contributed by atoms with E-state index in [4.69, 9.17) is 4.74 Å². The SMILES string of the molecule is COc1ccc(NC(=O)NC(Cc2ccc(O)cc2)C(=O)O)cc1. The molecule has 1 atom stereocenters. The zero-order chi connectivity index (χ0) is 17.5. The van der Waals surface area contributed by atoms with E-state index in [1.54, 1.807) is 36.4 Å². The molecule has 0 bridgehead atoms.